The van der Waals surface area contributed by atoms with E-state index in [-0.39, 0.29) is 27.4 Å². The Balaban J connectivity index is 1.51. The van der Waals surface area contributed by atoms with Crippen LogP contribution in [0.25, 0.3) is 33.6 Å². The monoisotopic (exact) mass is 580 g/mol. The van der Waals surface area contributed by atoms with Crippen molar-refractivity contribution in [2.75, 3.05) is 0 Å². The Kier molecular flexibility index (Phi) is 7.05. The van der Waals surface area contributed by atoms with Gasteiger partial charge in [0.15, 0.2) is 5.82 Å². The zero-order valence-electron chi connectivity index (χ0n) is 21.1. The molecule has 0 unspecified atom stereocenters. The molecule has 0 aliphatic heterocycles. The van der Waals surface area contributed by atoms with Crippen LogP contribution >= 0.6 is 0 Å². The molecule has 2 heterocycles. The molecule has 0 atom stereocenters. The van der Waals surface area contributed by atoms with Gasteiger partial charge in [-0.15, -0.1) is 0 Å². The highest BCUT2D eigenvalue weighted by Crippen LogP contribution is 2.32. The van der Waals surface area contributed by atoms with Crippen LogP contribution in [0.3, 0.4) is 0 Å². The van der Waals surface area contributed by atoms with E-state index in [9.17, 15) is 31.2 Å². The summed E-state index contributed by atoms with van der Waals surface area (Å²) < 4.78 is 73.0. The highest BCUT2D eigenvalue weighted by atomic mass is 32.2. The fourth-order valence-corrected chi connectivity index (χ4v) is 4.98. The zero-order valence-corrected chi connectivity index (χ0v) is 21.9. The summed E-state index contributed by atoms with van der Waals surface area (Å²) in [6, 6.07) is 19.6. The molecule has 0 saturated heterocycles. The van der Waals surface area contributed by atoms with Crippen molar-refractivity contribution >= 4 is 33.0 Å². The smallest absolute Gasteiger partial charge is 0.416 e. The number of alkyl halides is 3. The van der Waals surface area contributed by atoms with Crippen molar-refractivity contribution in [3.05, 3.63) is 107 Å². The van der Waals surface area contributed by atoms with Crippen LogP contribution in [0.4, 0.5) is 13.2 Å². The SMILES string of the molecule is CC(=O)NS(=O)(=O)c1ccc(-c2ccc(C=Nn3c(-c4cccc(C(F)(F)F)c4)nc4ccccc4c3=O)o2)cc1. The number of carbonyl (C=O) groups is 1. The molecule has 0 aliphatic carbocycles. The van der Waals surface area contributed by atoms with Crippen molar-refractivity contribution in [1.82, 2.24) is 14.4 Å². The maximum absolute atomic E-state index is 13.4. The minimum Gasteiger partial charge on any atom is -0.455 e. The molecule has 0 fully saturated rings. The maximum atomic E-state index is 13.4. The lowest BCUT2D eigenvalue weighted by Crippen LogP contribution is -2.28. The van der Waals surface area contributed by atoms with Crippen molar-refractivity contribution in [3.8, 4) is 22.7 Å². The van der Waals surface area contributed by atoms with Crippen LogP contribution in [0, 0.1) is 0 Å². The number of hydrogen-bond acceptors (Lipinski definition) is 7. The van der Waals surface area contributed by atoms with Gasteiger partial charge in [0.2, 0.25) is 5.91 Å². The predicted octanol–water partition coefficient (Wildman–Crippen LogP) is 5.05. The molecule has 0 bridgehead atoms. The van der Waals surface area contributed by atoms with E-state index >= 15 is 0 Å². The van der Waals surface area contributed by atoms with Crippen LogP contribution in [-0.2, 0) is 21.0 Å². The molecule has 2 aromatic heterocycles. The fourth-order valence-electron chi connectivity index (χ4n) is 3.99. The Bertz CT molecular complexity index is 1980. The molecule has 0 saturated carbocycles. The molecule has 9 nitrogen and oxygen atoms in total. The zero-order chi connectivity index (χ0) is 29.4. The van der Waals surface area contributed by atoms with E-state index in [4.69, 9.17) is 4.42 Å². The topological polar surface area (TPSA) is 124 Å². The average Bonchev–Trinajstić information content (AvgIpc) is 3.40. The number of fused-ring (bicyclic) bond motifs is 1. The number of nitrogens with zero attached hydrogens (tertiary/aromatic N) is 3. The lowest BCUT2D eigenvalue weighted by Gasteiger charge is -2.11. The van der Waals surface area contributed by atoms with Crippen molar-refractivity contribution in [3.63, 3.8) is 0 Å². The minimum absolute atomic E-state index is 0.0364. The quantitative estimate of drug-likeness (QED) is 0.281. The van der Waals surface area contributed by atoms with Crippen molar-refractivity contribution in [1.29, 1.82) is 0 Å². The van der Waals surface area contributed by atoms with Gasteiger partial charge in [0.05, 0.1) is 27.6 Å². The number of carbonyl (C=O) groups excluding carboxylic acids is 1. The Morgan fingerprint density at radius 2 is 1.71 bits per heavy atom. The number of furan rings is 1. The van der Waals surface area contributed by atoms with Gasteiger partial charge in [-0.2, -0.15) is 22.9 Å². The first-order valence-corrected chi connectivity index (χ1v) is 13.4. The Morgan fingerprint density at radius 1 is 0.976 bits per heavy atom. The van der Waals surface area contributed by atoms with E-state index < -0.39 is 33.2 Å². The second-order valence-corrected chi connectivity index (χ2v) is 10.5. The van der Waals surface area contributed by atoms with E-state index in [1.54, 1.807) is 30.3 Å². The summed E-state index contributed by atoms with van der Waals surface area (Å²) in [5.74, 6) is -0.276. The van der Waals surface area contributed by atoms with Gasteiger partial charge in [-0.1, -0.05) is 24.3 Å². The minimum atomic E-state index is -4.60. The lowest BCUT2D eigenvalue weighted by atomic mass is 10.1. The molecule has 13 heteroatoms. The van der Waals surface area contributed by atoms with Gasteiger partial charge in [0.1, 0.15) is 11.5 Å². The molecule has 5 aromatic rings. The largest absolute Gasteiger partial charge is 0.455 e. The van der Waals surface area contributed by atoms with E-state index in [0.29, 0.717) is 16.8 Å². The first kappa shape index (κ1) is 27.5. The van der Waals surface area contributed by atoms with Crippen LogP contribution in [-0.4, -0.2) is 30.2 Å². The predicted molar refractivity (Wildman–Crippen MR) is 145 cm³/mol. The van der Waals surface area contributed by atoms with Crippen LogP contribution in [0.15, 0.2) is 104 Å². The van der Waals surface area contributed by atoms with Gasteiger partial charge in [0.25, 0.3) is 15.6 Å². The number of rotatable bonds is 6. The van der Waals surface area contributed by atoms with Gasteiger partial charge in [0, 0.05) is 18.1 Å². The molecule has 41 heavy (non-hydrogen) atoms. The molecule has 5 rings (SSSR count). The van der Waals surface area contributed by atoms with Crippen molar-refractivity contribution in [2.45, 2.75) is 18.0 Å². The molecule has 208 valence electrons. The molecule has 0 spiro atoms. The highest BCUT2D eigenvalue weighted by Gasteiger charge is 2.31. The number of nitrogens with one attached hydrogen (secondary N) is 1. The lowest BCUT2D eigenvalue weighted by molar-refractivity contribution is -0.137. The summed E-state index contributed by atoms with van der Waals surface area (Å²) in [6.07, 6.45) is -3.38. The molecule has 0 aliphatic rings. The molecular weight excluding hydrogens is 561 g/mol. The summed E-state index contributed by atoms with van der Waals surface area (Å²) in [6.45, 7) is 1.09. The third kappa shape index (κ3) is 5.79. The van der Waals surface area contributed by atoms with Crippen LogP contribution in [0.1, 0.15) is 18.2 Å². The second-order valence-electron chi connectivity index (χ2n) is 8.78. The first-order valence-electron chi connectivity index (χ1n) is 11.9. The molecule has 3 aromatic carbocycles. The van der Waals surface area contributed by atoms with E-state index in [1.165, 1.54) is 48.7 Å². The number of hydrogen-bond donors (Lipinski definition) is 1. The van der Waals surface area contributed by atoms with Crippen LogP contribution < -0.4 is 10.3 Å². The first-order chi connectivity index (χ1) is 19.4. The third-order valence-electron chi connectivity index (χ3n) is 5.86. The summed E-state index contributed by atoms with van der Waals surface area (Å²) in [7, 11) is -4.00. The second kappa shape index (κ2) is 10.5. The molecular formula is C28H19F3N4O5S. The van der Waals surface area contributed by atoms with E-state index in [0.717, 1.165) is 23.7 Å². The maximum Gasteiger partial charge on any atom is 0.416 e. The van der Waals surface area contributed by atoms with Gasteiger partial charge in [-0.25, -0.2) is 18.1 Å². The highest BCUT2D eigenvalue weighted by molar-refractivity contribution is 7.90. The van der Waals surface area contributed by atoms with E-state index in [1.807, 2.05) is 4.72 Å². The average molecular weight is 581 g/mol. The Hall–Kier alpha value is -5.04. The van der Waals surface area contributed by atoms with E-state index in [2.05, 4.69) is 10.1 Å². The van der Waals surface area contributed by atoms with Crippen LogP contribution in [0.2, 0.25) is 0 Å². The van der Waals surface area contributed by atoms with Gasteiger partial charge < -0.3 is 4.42 Å². The molecule has 0 radical (unpaired) electrons. The molecule has 1 amide bonds. The van der Waals surface area contributed by atoms with Crippen LogP contribution in [0.5, 0.6) is 0 Å². The summed E-state index contributed by atoms with van der Waals surface area (Å²) in [5.41, 5.74) is -0.656. The number of amides is 1. The standard InChI is InChI=1S/C28H19F3N4O5S/c1-17(36)34-41(38,39)22-12-9-18(10-13-22)25-14-11-21(40-25)16-32-35-26(19-5-4-6-20(15-19)28(29,30)31)33-24-8-3-2-7-23(24)27(35)37/h2-16H,1H3,(H,34,36). The van der Waals surface area contributed by atoms with Crippen molar-refractivity contribution < 1.29 is 30.8 Å². The Morgan fingerprint density at radius 3 is 2.41 bits per heavy atom. The number of benzene rings is 3. The van der Waals surface area contributed by atoms with Crippen molar-refractivity contribution in [2.24, 2.45) is 5.10 Å². The molecule has 1 N–H and O–H groups in total. The van der Waals surface area contributed by atoms with Gasteiger partial charge in [-0.05, 0) is 60.7 Å². The number of para-hydroxylation sites is 1. The third-order valence-corrected chi connectivity index (χ3v) is 7.31. The summed E-state index contributed by atoms with van der Waals surface area (Å²) in [5, 5.41) is 4.41. The summed E-state index contributed by atoms with van der Waals surface area (Å²) >= 11 is 0. The Labute approximate surface area is 230 Å². The van der Waals surface area contributed by atoms with Gasteiger partial charge in [-0.3, -0.25) is 9.59 Å². The number of sulfonamides is 1. The number of aromatic nitrogens is 2. The fraction of sp³-hybridized carbons (Fsp3) is 0.0714. The summed E-state index contributed by atoms with van der Waals surface area (Å²) in [4.78, 5) is 28.8. The number of halogens is 3. The normalized spacial score (nSPS) is 12.2. The van der Waals surface area contributed by atoms with Gasteiger partial charge >= 0.3 is 6.18 Å².